The Morgan fingerprint density at radius 3 is 2.54 bits per heavy atom. The summed E-state index contributed by atoms with van der Waals surface area (Å²) in [6.07, 6.45) is 4.83. The van der Waals surface area contributed by atoms with Crippen molar-refractivity contribution in [3.8, 4) is 0 Å². The van der Waals surface area contributed by atoms with E-state index in [9.17, 15) is 4.79 Å². The molecule has 0 saturated carbocycles. The van der Waals surface area contributed by atoms with Gasteiger partial charge in [-0.3, -0.25) is 9.78 Å². The number of benzene rings is 2. The average Bonchev–Trinajstić information content (AvgIpc) is 2.60. The van der Waals surface area contributed by atoms with E-state index in [4.69, 9.17) is 0 Å². The van der Waals surface area contributed by atoms with Crippen LogP contribution in [0.1, 0.15) is 29.8 Å². The second-order valence-electron chi connectivity index (χ2n) is 5.76. The molecule has 24 heavy (non-hydrogen) atoms. The van der Waals surface area contributed by atoms with E-state index in [1.54, 1.807) is 12.3 Å². The number of hydrogen-bond acceptors (Lipinski definition) is 3. The van der Waals surface area contributed by atoms with Gasteiger partial charge >= 0.3 is 0 Å². The zero-order chi connectivity index (χ0) is 16.9. The lowest BCUT2D eigenvalue weighted by molar-refractivity contribution is -0.117. The van der Waals surface area contributed by atoms with Gasteiger partial charge < -0.3 is 5.32 Å². The van der Waals surface area contributed by atoms with Gasteiger partial charge in [-0.25, -0.2) is 4.98 Å². The third kappa shape index (κ3) is 3.84. The molecule has 1 atom stereocenters. The molecule has 0 aliphatic carbocycles. The molecule has 0 aliphatic rings. The van der Waals surface area contributed by atoms with Crippen LogP contribution in [0.5, 0.6) is 0 Å². The molecule has 3 rings (SSSR count). The fourth-order valence-electron chi connectivity index (χ4n) is 2.41. The number of aromatic nitrogens is 2. The summed E-state index contributed by atoms with van der Waals surface area (Å²) in [4.78, 5) is 20.9. The zero-order valence-electron chi connectivity index (χ0n) is 13.7. The van der Waals surface area contributed by atoms with Gasteiger partial charge in [0.2, 0.25) is 5.91 Å². The topological polar surface area (TPSA) is 54.9 Å². The van der Waals surface area contributed by atoms with Gasteiger partial charge in [-0.05, 0) is 37.6 Å². The molecule has 4 nitrogen and oxygen atoms in total. The first-order valence-corrected chi connectivity index (χ1v) is 7.89. The van der Waals surface area contributed by atoms with Crippen LogP contribution in [0.3, 0.4) is 0 Å². The monoisotopic (exact) mass is 317 g/mol. The summed E-state index contributed by atoms with van der Waals surface area (Å²) in [5, 5.41) is 2.95. The van der Waals surface area contributed by atoms with Crippen molar-refractivity contribution in [2.24, 2.45) is 0 Å². The van der Waals surface area contributed by atoms with Crippen molar-refractivity contribution in [2.75, 3.05) is 0 Å². The number of nitrogens with one attached hydrogen (secondary N) is 1. The van der Waals surface area contributed by atoms with Gasteiger partial charge in [0.1, 0.15) is 0 Å². The molecule has 3 aromatic rings. The predicted molar refractivity (Wildman–Crippen MR) is 96.3 cm³/mol. The smallest absolute Gasteiger partial charge is 0.244 e. The molecule has 1 N–H and O–H groups in total. The molecule has 0 fully saturated rings. The van der Waals surface area contributed by atoms with Crippen molar-refractivity contribution in [1.29, 1.82) is 0 Å². The first-order chi connectivity index (χ1) is 11.6. The number of aryl methyl sites for hydroxylation is 1. The Hall–Kier alpha value is -3.01. The molecule has 2 aromatic carbocycles. The molecule has 4 heteroatoms. The summed E-state index contributed by atoms with van der Waals surface area (Å²) >= 11 is 0. The van der Waals surface area contributed by atoms with Crippen molar-refractivity contribution >= 4 is 23.0 Å². The number of amides is 1. The third-order valence-corrected chi connectivity index (χ3v) is 3.81. The Morgan fingerprint density at radius 1 is 1.08 bits per heavy atom. The molecular formula is C20H19N3O. The summed E-state index contributed by atoms with van der Waals surface area (Å²) in [7, 11) is 0. The summed E-state index contributed by atoms with van der Waals surface area (Å²) < 4.78 is 0. The number of hydrogen-bond donors (Lipinski definition) is 1. The minimum Gasteiger partial charge on any atom is -0.346 e. The molecule has 1 aromatic heterocycles. The summed E-state index contributed by atoms with van der Waals surface area (Å²) in [6, 6.07) is 15.7. The highest BCUT2D eigenvalue weighted by Gasteiger charge is 2.07. The van der Waals surface area contributed by atoms with Crippen LogP contribution in [0.25, 0.3) is 17.1 Å². The molecule has 0 radical (unpaired) electrons. The Morgan fingerprint density at radius 2 is 1.79 bits per heavy atom. The van der Waals surface area contributed by atoms with Crippen molar-refractivity contribution in [2.45, 2.75) is 19.9 Å². The zero-order valence-corrected chi connectivity index (χ0v) is 13.7. The van der Waals surface area contributed by atoms with E-state index in [1.807, 2.05) is 62.4 Å². The Bertz CT molecular complexity index is 885. The van der Waals surface area contributed by atoms with Gasteiger partial charge in [0, 0.05) is 6.08 Å². The van der Waals surface area contributed by atoms with E-state index in [2.05, 4.69) is 15.3 Å². The third-order valence-electron chi connectivity index (χ3n) is 3.81. The lowest BCUT2D eigenvalue weighted by Gasteiger charge is -2.13. The quantitative estimate of drug-likeness (QED) is 0.744. The van der Waals surface area contributed by atoms with Crippen LogP contribution in [0.2, 0.25) is 0 Å². The van der Waals surface area contributed by atoms with Gasteiger partial charge in [0.15, 0.2) is 0 Å². The maximum atomic E-state index is 12.1. The van der Waals surface area contributed by atoms with Gasteiger partial charge in [-0.2, -0.15) is 0 Å². The largest absolute Gasteiger partial charge is 0.346 e. The Balaban J connectivity index is 1.66. The SMILES string of the molecule is Cc1ccc(C(C)NC(=O)/C=C/c2cnc3ccccc3n2)cc1. The average molecular weight is 317 g/mol. The van der Waals surface area contributed by atoms with Crippen molar-refractivity contribution < 1.29 is 4.79 Å². The van der Waals surface area contributed by atoms with E-state index in [0.29, 0.717) is 5.69 Å². The number of fused-ring (bicyclic) bond motifs is 1. The lowest BCUT2D eigenvalue weighted by atomic mass is 10.1. The summed E-state index contributed by atoms with van der Waals surface area (Å²) in [6.45, 7) is 4.01. The standard InChI is InChI=1S/C20H19N3O/c1-14-7-9-16(10-8-14)15(2)22-20(24)12-11-17-13-21-18-5-3-4-6-19(18)23-17/h3-13,15H,1-2H3,(H,22,24)/b12-11+. The highest BCUT2D eigenvalue weighted by Crippen LogP contribution is 2.13. The van der Waals surface area contributed by atoms with Gasteiger partial charge in [0.25, 0.3) is 0 Å². The Kier molecular flexibility index (Phi) is 4.66. The number of rotatable bonds is 4. The van der Waals surface area contributed by atoms with Crippen molar-refractivity contribution in [3.63, 3.8) is 0 Å². The van der Waals surface area contributed by atoms with Crippen LogP contribution in [0.15, 0.2) is 60.8 Å². The fraction of sp³-hybridized carbons (Fsp3) is 0.150. The molecule has 1 unspecified atom stereocenters. The van der Waals surface area contributed by atoms with Gasteiger partial charge in [-0.15, -0.1) is 0 Å². The number of carbonyl (C=O) groups is 1. The van der Waals surface area contributed by atoms with E-state index in [1.165, 1.54) is 11.6 Å². The van der Waals surface area contributed by atoms with E-state index in [0.717, 1.165) is 16.6 Å². The van der Waals surface area contributed by atoms with Gasteiger partial charge in [-0.1, -0.05) is 42.0 Å². The summed E-state index contributed by atoms with van der Waals surface area (Å²) in [5.41, 5.74) is 4.59. The molecule has 1 amide bonds. The second-order valence-corrected chi connectivity index (χ2v) is 5.76. The maximum Gasteiger partial charge on any atom is 0.244 e. The van der Waals surface area contributed by atoms with Crippen LogP contribution in [-0.2, 0) is 4.79 Å². The van der Waals surface area contributed by atoms with E-state index in [-0.39, 0.29) is 11.9 Å². The highest BCUT2D eigenvalue weighted by atomic mass is 16.1. The predicted octanol–water partition coefficient (Wildman–Crippen LogP) is 3.83. The lowest BCUT2D eigenvalue weighted by Crippen LogP contribution is -2.24. The molecule has 0 spiro atoms. The van der Waals surface area contributed by atoms with E-state index < -0.39 is 0 Å². The van der Waals surface area contributed by atoms with Crippen LogP contribution < -0.4 is 5.32 Å². The molecule has 0 bridgehead atoms. The molecule has 120 valence electrons. The van der Waals surface area contributed by atoms with Crippen LogP contribution in [-0.4, -0.2) is 15.9 Å². The molecule has 0 saturated heterocycles. The highest BCUT2D eigenvalue weighted by molar-refractivity contribution is 5.92. The number of nitrogens with zero attached hydrogens (tertiary/aromatic N) is 2. The van der Waals surface area contributed by atoms with Gasteiger partial charge in [0.05, 0.1) is 29.0 Å². The van der Waals surface area contributed by atoms with Crippen molar-refractivity contribution in [3.05, 3.63) is 77.6 Å². The fourth-order valence-corrected chi connectivity index (χ4v) is 2.41. The second kappa shape index (κ2) is 7.04. The van der Waals surface area contributed by atoms with Crippen LogP contribution in [0.4, 0.5) is 0 Å². The number of para-hydroxylation sites is 2. The summed E-state index contributed by atoms with van der Waals surface area (Å²) in [5.74, 6) is -0.155. The van der Waals surface area contributed by atoms with Crippen molar-refractivity contribution in [1.82, 2.24) is 15.3 Å². The minimum absolute atomic E-state index is 0.0505. The van der Waals surface area contributed by atoms with Crippen LogP contribution in [0, 0.1) is 6.92 Å². The van der Waals surface area contributed by atoms with Crippen LogP contribution >= 0.6 is 0 Å². The molecule has 1 heterocycles. The first-order valence-electron chi connectivity index (χ1n) is 7.89. The minimum atomic E-state index is -0.155. The molecular weight excluding hydrogens is 298 g/mol. The van der Waals surface area contributed by atoms with E-state index >= 15 is 0 Å². The number of carbonyl (C=O) groups excluding carboxylic acids is 1. The maximum absolute atomic E-state index is 12.1. The molecule has 0 aliphatic heterocycles. The normalized spacial score (nSPS) is 12.4. The first kappa shape index (κ1) is 15.9. The Labute approximate surface area is 141 Å².